The summed E-state index contributed by atoms with van der Waals surface area (Å²) in [7, 11) is -3.80. The fourth-order valence-corrected chi connectivity index (χ4v) is 5.16. The molecule has 2 atom stereocenters. The first-order valence-corrected chi connectivity index (χ1v) is 11.4. The van der Waals surface area contributed by atoms with E-state index in [4.69, 9.17) is 0 Å². The fourth-order valence-electron chi connectivity index (χ4n) is 2.85. The van der Waals surface area contributed by atoms with Gasteiger partial charge in [-0.2, -0.15) is 0 Å². The van der Waals surface area contributed by atoms with Crippen LogP contribution in [0.2, 0.25) is 0 Å². The molecular weight excluding hydrogens is 415 g/mol. The van der Waals surface area contributed by atoms with Crippen molar-refractivity contribution >= 4 is 44.8 Å². The Labute approximate surface area is 173 Å². The van der Waals surface area contributed by atoms with E-state index < -0.39 is 26.8 Å². The predicted molar refractivity (Wildman–Crippen MR) is 111 cm³/mol. The third-order valence-electron chi connectivity index (χ3n) is 4.67. The smallest absolute Gasteiger partial charge is 0.237 e. The maximum Gasteiger partial charge on any atom is 0.237 e. The number of carbonyl (C=O) groups is 2. The summed E-state index contributed by atoms with van der Waals surface area (Å²) in [5.74, 6) is -1.17. The molecular formula is C20H21FN2O4S2. The topological polar surface area (TPSA) is 92.3 Å². The van der Waals surface area contributed by atoms with Crippen molar-refractivity contribution in [2.75, 3.05) is 10.6 Å². The van der Waals surface area contributed by atoms with E-state index in [0.29, 0.717) is 11.3 Å². The van der Waals surface area contributed by atoms with Gasteiger partial charge in [0.1, 0.15) is 5.82 Å². The molecule has 29 heavy (non-hydrogen) atoms. The molecule has 6 nitrogen and oxygen atoms in total. The van der Waals surface area contributed by atoms with Crippen LogP contribution in [0.1, 0.15) is 25.8 Å². The number of halogens is 1. The largest absolute Gasteiger partial charge is 0.326 e. The van der Waals surface area contributed by atoms with Crippen molar-refractivity contribution in [3.8, 4) is 0 Å². The second kappa shape index (κ2) is 8.16. The van der Waals surface area contributed by atoms with Crippen LogP contribution >= 0.6 is 11.8 Å². The number of hydrogen-bond acceptors (Lipinski definition) is 5. The van der Waals surface area contributed by atoms with Crippen LogP contribution in [0.5, 0.6) is 0 Å². The third kappa shape index (κ3) is 4.62. The summed E-state index contributed by atoms with van der Waals surface area (Å²) in [4.78, 5) is 24.9. The van der Waals surface area contributed by atoms with E-state index in [-0.39, 0.29) is 28.2 Å². The molecule has 0 spiro atoms. The summed E-state index contributed by atoms with van der Waals surface area (Å²) in [5, 5.41) is 3.98. The van der Waals surface area contributed by atoms with E-state index in [1.807, 2.05) is 0 Å². The van der Waals surface area contributed by atoms with Gasteiger partial charge >= 0.3 is 0 Å². The van der Waals surface area contributed by atoms with E-state index in [9.17, 15) is 22.4 Å². The number of fused-ring (bicyclic) bond motifs is 1. The molecule has 2 N–H and O–H groups in total. The number of anilines is 2. The first-order valence-electron chi connectivity index (χ1n) is 8.99. The van der Waals surface area contributed by atoms with Gasteiger partial charge in [0.05, 0.1) is 21.1 Å². The van der Waals surface area contributed by atoms with Gasteiger partial charge in [0.25, 0.3) is 0 Å². The highest BCUT2D eigenvalue weighted by atomic mass is 32.2. The molecule has 0 bridgehead atoms. The number of carbonyl (C=O) groups excluding carboxylic acids is 2. The summed E-state index contributed by atoms with van der Waals surface area (Å²) >= 11 is 1.36. The van der Waals surface area contributed by atoms with Gasteiger partial charge in [-0.15, -0.1) is 11.8 Å². The Bertz CT molecular complexity index is 1090. The number of hydrogen-bond donors (Lipinski definition) is 2. The third-order valence-corrected chi connectivity index (χ3v) is 7.98. The molecule has 1 aliphatic heterocycles. The lowest BCUT2D eigenvalue weighted by Crippen LogP contribution is -2.27. The van der Waals surface area contributed by atoms with Crippen molar-refractivity contribution < 1.29 is 22.4 Å². The number of benzene rings is 2. The second-order valence-corrected chi connectivity index (χ2v) is 10.7. The molecule has 0 aromatic heterocycles. The molecule has 9 heteroatoms. The molecule has 1 heterocycles. The number of amides is 2. The molecule has 0 radical (unpaired) electrons. The van der Waals surface area contributed by atoms with Crippen molar-refractivity contribution in [3.63, 3.8) is 0 Å². The Morgan fingerprint density at radius 3 is 2.69 bits per heavy atom. The van der Waals surface area contributed by atoms with Gasteiger partial charge in [0.2, 0.25) is 11.8 Å². The van der Waals surface area contributed by atoms with Crippen LogP contribution < -0.4 is 10.6 Å². The SMILES string of the molecule is Cc1ccc(NC(=O)C[C@@H](C)S(=O)(=O)c2ccc3c(c2)NC(=O)[C@H](C)S3)cc1F. The minimum absolute atomic E-state index is 0.0355. The summed E-state index contributed by atoms with van der Waals surface area (Å²) in [6.45, 7) is 4.82. The van der Waals surface area contributed by atoms with Crippen molar-refractivity contribution in [2.24, 2.45) is 0 Å². The standard InChI is InChI=1S/C20H21FN2O4S2/c1-11-4-5-14(9-16(11)21)22-19(24)8-12(2)29(26,27)15-6-7-18-17(10-15)23-20(25)13(3)28-18/h4-7,9-10,12-13H,8H2,1-3H3,(H,22,24)(H,23,25)/t12-,13+/m1/s1. The number of rotatable bonds is 5. The van der Waals surface area contributed by atoms with Gasteiger partial charge in [0.15, 0.2) is 9.84 Å². The van der Waals surface area contributed by atoms with E-state index in [1.54, 1.807) is 26.0 Å². The van der Waals surface area contributed by atoms with Gasteiger partial charge in [-0.3, -0.25) is 9.59 Å². The monoisotopic (exact) mass is 436 g/mol. The van der Waals surface area contributed by atoms with Crippen molar-refractivity contribution in [2.45, 2.75) is 47.5 Å². The minimum atomic E-state index is -3.80. The molecule has 2 amide bonds. The maximum atomic E-state index is 13.6. The van der Waals surface area contributed by atoms with Gasteiger partial charge in [-0.25, -0.2) is 12.8 Å². The van der Waals surface area contributed by atoms with Crippen molar-refractivity contribution in [3.05, 3.63) is 47.8 Å². The zero-order valence-corrected chi connectivity index (χ0v) is 17.8. The van der Waals surface area contributed by atoms with Gasteiger partial charge in [-0.05, 0) is 56.7 Å². The quantitative estimate of drug-likeness (QED) is 0.745. The number of aryl methyl sites for hydroxylation is 1. The normalized spacial score (nSPS) is 17.2. The van der Waals surface area contributed by atoms with Crippen LogP contribution in [0.25, 0.3) is 0 Å². The van der Waals surface area contributed by atoms with Crippen LogP contribution in [0, 0.1) is 12.7 Å². The second-order valence-electron chi connectivity index (χ2n) is 6.98. The highest BCUT2D eigenvalue weighted by molar-refractivity contribution is 8.01. The van der Waals surface area contributed by atoms with Crippen LogP contribution in [-0.2, 0) is 19.4 Å². The molecule has 0 fully saturated rings. The first kappa shape index (κ1) is 21.3. The van der Waals surface area contributed by atoms with Gasteiger partial charge in [0, 0.05) is 17.0 Å². The molecule has 2 aromatic carbocycles. The van der Waals surface area contributed by atoms with Gasteiger partial charge in [-0.1, -0.05) is 6.07 Å². The van der Waals surface area contributed by atoms with E-state index in [1.165, 1.54) is 43.0 Å². The molecule has 0 saturated carbocycles. The van der Waals surface area contributed by atoms with E-state index in [0.717, 1.165) is 4.90 Å². The fraction of sp³-hybridized carbons (Fsp3) is 0.300. The van der Waals surface area contributed by atoms with Crippen LogP contribution in [0.3, 0.4) is 0 Å². The maximum absolute atomic E-state index is 13.6. The zero-order chi connectivity index (χ0) is 21.3. The van der Waals surface area contributed by atoms with E-state index >= 15 is 0 Å². The lowest BCUT2D eigenvalue weighted by Gasteiger charge is -2.22. The Morgan fingerprint density at radius 2 is 2.00 bits per heavy atom. The van der Waals surface area contributed by atoms with Crippen LogP contribution in [0.4, 0.5) is 15.8 Å². The number of sulfone groups is 1. The van der Waals surface area contributed by atoms with Crippen LogP contribution in [0.15, 0.2) is 46.2 Å². The zero-order valence-electron chi connectivity index (χ0n) is 16.2. The lowest BCUT2D eigenvalue weighted by atomic mass is 10.2. The minimum Gasteiger partial charge on any atom is -0.326 e. The molecule has 0 unspecified atom stereocenters. The van der Waals surface area contributed by atoms with Crippen molar-refractivity contribution in [1.29, 1.82) is 0 Å². The van der Waals surface area contributed by atoms with E-state index in [2.05, 4.69) is 10.6 Å². The summed E-state index contributed by atoms with van der Waals surface area (Å²) in [5.41, 5.74) is 1.17. The lowest BCUT2D eigenvalue weighted by molar-refractivity contribution is -0.116. The molecule has 0 aliphatic carbocycles. The Balaban J connectivity index is 1.73. The Hall–Kier alpha value is -2.39. The molecule has 2 aromatic rings. The predicted octanol–water partition coefficient (Wildman–Crippen LogP) is 3.76. The Morgan fingerprint density at radius 1 is 1.28 bits per heavy atom. The van der Waals surface area contributed by atoms with Crippen LogP contribution in [-0.4, -0.2) is 30.7 Å². The Kier molecular flexibility index (Phi) is 6.00. The molecule has 154 valence electrons. The number of nitrogens with one attached hydrogen (secondary N) is 2. The van der Waals surface area contributed by atoms with Gasteiger partial charge < -0.3 is 10.6 Å². The summed E-state index contributed by atoms with van der Waals surface area (Å²) < 4.78 is 39.4. The van der Waals surface area contributed by atoms with Crippen molar-refractivity contribution in [1.82, 2.24) is 0 Å². The summed E-state index contributed by atoms with van der Waals surface area (Å²) in [6.07, 6.45) is -0.285. The molecule has 0 saturated heterocycles. The first-order chi connectivity index (χ1) is 13.6. The average molecular weight is 437 g/mol. The molecule has 3 rings (SSSR count). The molecule has 1 aliphatic rings. The number of thioether (sulfide) groups is 1. The highest BCUT2D eigenvalue weighted by Gasteiger charge is 2.29. The average Bonchev–Trinajstić information content (AvgIpc) is 2.65. The highest BCUT2D eigenvalue weighted by Crippen LogP contribution is 2.37. The summed E-state index contributed by atoms with van der Waals surface area (Å²) in [6, 6.07) is 8.84.